The molecule has 0 spiro atoms. The van der Waals surface area contributed by atoms with Crippen LogP contribution in [0.5, 0.6) is 0 Å². The highest BCUT2D eigenvalue weighted by Gasteiger charge is 2.34. The van der Waals surface area contributed by atoms with E-state index in [1.807, 2.05) is 54.6 Å². The zero-order valence-corrected chi connectivity index (χ0v) is 20.0. The van der Waals surface area contributed by atoms with Gasteiger partial charge in [0.15, 0.2) is 0 Å². The lowest BCUT2D eigenvalue weighted by Crippen LogP contribution is -2.53. The minimum Gasteiger partial charge on any atom is -0.444 e. The van der Waals surface area contributed by atoms with Gasteiger partial charge in [0.05, 0.1) is 0 Å². The third-order valence-corrected chi connectivity index (χ3v) is 7.19. The fourth-order valence-corrected chi connectivity index (χ4v) is 5.24. The van der Waals surface area contributed by atoms with Crippen molar-refractivity contribution in [3.05, 3.63) is 65.7 Å². The van der Waals surface area contributed by atoms with Crippen molar-refractivity contribution in [3.8, 4) is 0 Å². The lowest BCUT2D eigenvalue weighted by molar-refractivity contribution is -0.141. The summed E-state index contributed by atoms with van der Waals surface area (Å²) in [6.07, 6.45) is 9.23. The Bertz CT molecular complexity index is 926. The van der Waals surface area contributed by atoms with E-state index in [1.165, 1.54) is 6.42 Å². The molecule has 0 radical (unpaired) electrons. The average Bonchev–Trinajstić information content (AvgIpc) is 2.88. The van der Waals surface area contributed by atoms with Gasteiger partial charge in [-0.15, -0.1) is 0 Å². The molecule has 2 fully saturated rings. The van der Waals surface area contributed by atoms with Crippen LogP contribution < -0.4 is 11.1 Å². The number of hydrogen-bond acceptors (Lipinski definition) is 4. The van der Waals surface area contributed by atoms with Crippen molar-refractivity contribution in [3.63, 3.8) is 0 Å². The number of nitrogens with two attached hydrogens (primary N) is 1. The van der Waals surface area contributed by atoms with Crippen molar-refractivity contribution in [2.45, 2.75) is 83.0 Å². The van der Waals surface area contributed by atoms with Gasteiger partial charge in [-0.2, -0.15) is 0 Å². The Balaban J connectivity index is 1.38. The normalized spacial score (nSPS) is 21.0. The first-order valence-corrected chi connectivity index (χ1v) is 12.7. The molecule has 0 aliphatic heterocycles. The molecule has 182 valence electrons. The number of anilines is 1. The van der Waals surface area contributed by atoms with Crippen LogP contribution in [0, 0.1) is 5.92 Å². The molecule has 3 N–H and O–H groups in total. The number of rotatable bonds is 7. The third kappa shape index (κ3) is 6.60. The van der Waals surface area contributed by atoms with Crippen molar-refractivity contribution in [2.24, 2.45) is 11.7 Å². The standard InChI is InChI=1S/C28H37N3O3/c29-25-13-7-8-14-26(25)31(27(32)23-11-5-2-6-12-23)19-21-15-17-24(18-16-21)30-28(33)34-20-22-9-3-1-4-10-22/h1,3-4,9-10,15-18,23,25-26H,2,5-8,11-14,19-20,29H2,(H,30,33). The van der Waals surface area contributed by atoms with Crippen LogP contribution in [-0.2, 0) is 22.7 Å². The van der Waals surface area contributed by atoms with Crippen LogP contribution >= 0.6 is 0 Å². The number of amides is 2. The fourth-order valence-electron chi connectivity index (χ4n) is 5.24. The summed E-state index contributed by atoms with van der Waals surface area (Å²) in [5.74, 6) is 0.400. The maximum Gasteiger partial charge on any atom is 0.411 e. The second kappa shape index (κ2) is 12.0. The van der Waals surface area contributed by atoms with Gasteiger partial charge in [-0.05, 0) is 48.9 Å². The molecule has 2 saturated carbocycles. The second-order valence-corrected chi connectivity index (χ2v) is 9.70. The van der Waals surface area contributed by atoms with E-state index in [9.17, 15) is 9.59 Å². The van der Waals surface area contributed by atoms with Gasteiger partial charge in [0.1, 0.15) is 6.61 Å². The quantitative estimate of drug-likeness (QED) is 0.559. The monoisotopic (exact) mass is 463 g/mol. The Kier molecular flexibility index (Phi) is 8.58. The highest BCUT2D eigenvalue weighted by molar-refractivity contribution is 5.84. The molecule has 2 aliphatic rings. The van der Waals surface area contributed by atoms with Gasteiger partial charge in [0.25, 0.3) is 0 Å². The van der Waals surface area contributed by atoms with Crippen molar-refractivity contribution >= 4 is 17.7 Å². The van der Waals surface area contributed by atoms with Crippen LogP contribution in [0.1, 0.15) is 68.9 Å². The van der Waals surface area contributed by atoms with Crippen LogP contribution in [0.25, 0.3) is 0 Å². The van der Waals surface area contributed by atoms with Gasteiger partial charge in [-0.3, -0.25) is 10.1 Å². The third-order valence-electron chi connectivity index (χ3n) is 7.19. The van der Waals surface area contributed by atoms with Crippen LogP contribution in [0.3, 0.4) is 0 Å². The Morgan fingerprint density at radius 2 is 1.53 bits per heavy atom. The molecule has 0 bridgehead atoms. The molecule has 2 unspecified atom stereocenters. The van der Waals surface area contributed by atoms with Crippen molar-refractivity contribution in [1.82, 2.24) is 4.90 Å². The number of carbonyl (C=O) groups excluding carboxylic acids is 2. The van der Waals surface area contributed by atoms with E-state index in [0.29, 0.717) is 12.2 Å². The van der Waals surface area contributed by atoms with E-state index in [1.54, 1.807) is 0 Å². The molecule has 6 heteroatoms. The largest absolute Gasteiger partial charge is 0.444 e. The molecular weight excluding hydrogens is 426 g/mol. The molecule has 4 rings (SSSR count). The van der Waals surface area contributed by atoms with Gasteiger partial charge >= 0.3 is 6.09 Å². The molecule has 6 nitrogen and oxygen atoms in total. The van der Waals surface area contributed by atoms with E-state index in [0.717, 1.165) is 62.5 Å². The highest BCUT2D eigenvalue weighted by atomic mass is 16.5. The van der Waals surface area contributed by atoms with E-state index < -0.39 is 6.09 Å². The minimum absolute atomic E-state index is 0.0432. The summed E-state index contributed by atoms with van der Waals surface area (Å²) in [6.45, 7) is 0.789. The summed E-state index contributed by atoms with van der Waals surface area (Å²) in [6, 6.07) is 17.4. The maximum absolute atomic E-state index is 13.5. The summed E-state index contributed by atoms with van der Waals surface area (Å²) < 4.78 is 5.30. The predicted octanol–water partition coefficient (Wildman–Crippen LogP) is 5.61. The first kappa shape index (κ1) is 24.3. The average molecular weight is 464 g/mol. The Morgan fingerprint density at radius 3 is 2.24 bits per heavy atom. The number of hydrogen-bond donors (Lipinski definition) is 2. The number of benzene rings is 2. The SMILES string of the molecule is NC1CCCCC1N(Cc1ccc(NC(=O)OCc2ccccc2)cc1)C(=O)C1CCCCC1. The molecule has 0 heterocycles. The van der Waals surface area contributed by atoms with E-state index in [2.05, 4.69) is 10.2 Å². The van der Waals surface area contributed by atoms with Gasteiger partial charge < -0.3 is 15.4 Å². The Morgan fingerprint density at radius 1 is 0.853 bits per heavy atom. The topological polar surface area (TPSA) is 84.7 Å². The molecule has 0 aromatic heterocycles. The molecule has 34 heavy (non-hydrogen) atoms. The highest BCUT2D eigenvalue weighted by Crippen LogP contribution is 2.30. The Hall–Kier alpha value is -2.86. The van der Waals surface area contributed by atoms with Crippen molar-refractivity contribution in [2.75, 3.05) is 5.32 Å². The second-order valence-electron chi connectivity index (χ2n) is 9.70. The van der Waals surface area contributed by atoms with Gasteiger partial charge in [0, 0.05) is 30.2 Å². The van der Waals surface area contributed by atoms with Gasteiger partial charge in [-0.25, -0.2) is 4.79 Å². The molecule has 2 aromatic rings. The summed E-state index contributed by atoms with van der Waals surface area (Å²) in [7, 11) is 0. The Labute approximate surface area is 202 Å². The molecule has 2 aromatic carbocycles. The smallest absolute Gasteiger partial charge is 0.411 e. The van der Waals surface area contributed by atoms with Crippen LogP contribution in [0.4, 0.5) is 10.5 Å². The predicted molar refractivity (Wildman–Crippen MR) is 134 cm³/mol. The van der Waals surface area contributed by atoms with Crippen LogP contribution in [0.2, 0.25) is 0 Å². The van der Waals surface area contributed by atoms with Gasteiger partial charge in [0.2, 0.25) is 5.91 Å². The lowest BCUT2D eigenvalue weighted by Gasteiger charge is -2.40. The van der Waals surface area contributed by atoms with E-state index in [-0.39, 0.29) is 30.5 Å². The number of carbonyl (C=O) groups is 2. The first-order valence-electron chi connectivity index (χ1n) is 12.7. The number of nitrogens with one attached hydrogen (secondary N) is 1. The van der Waals surface area contributed by atoms with Crippen LogP contribution in [0.15, 0.2) is 54.6 Å². The summed E-state index contributed by atoms with van der Waals surface area (Å²) in [5, 5.41) is 2.78. The van der Waals surface area contributed by atoms with Crippen molar-refractivity contribution < 1.29 is 14.3 Å². The summed E-state index contributed by atoms with van der Waals surface area (Å²) in [5.41, 5.74) is 9.15. The summed E-state index contributed by atoms with van der Waals surface area (Å²) >= 11 is 0. The van der Waals surface area contributed by atoms with Crippen LogP contribution in [-0.4, -0.2) is 29.0 Å². The maximum atomic E-state index is 13.5. The molecule has 2 aliphatic carbocycles. The number of nitrogens with zero attached hydrogens (tertiary/aromatic N) is 1. The van der Waals surface area contributed by atoms with Gasteiger partial charge in [-0.1, -0.05) is 74.6 Å². The minimum atomic E-state index is -0.487. The summed E-state index contributed by atoms with van der Waals surface area (Å²) in [4.78, 5) is 27.8. The zero-order valence-electron chi connectivity index (χ0n) is 20.0. The van der Waals surface area contributed by atoms with Crippen molar-refractivity contribution in [1.29, 1.82) is 0 Å². The number of ether oxygens (including phenoxy) is 1. The van der Waals surface area contributed by atoms with E-state index in [4.69, 9.17) is 10.5 Å². The lowest BCUT2D eigenvalue weighted by atomic mass is 9.85. The molecule has 2 amide bonds. The first-order chi connectivity index (χ1) is 16.6. The molecule has 0 saturated heterocycles. The molecule has 2 atom stereocenters. The zero-order chi connectivity index (χ0) is 23.8. The molecular formula is C28H37N3O3. The fraction of sp³-hybridized carbons (Fsp3) is 0.500. The van der Waals surface area contributed by atoms with E-state index >= 15 is 0 Å².